The van der Waals surface area contributed by atoms with E-state index in [0.717, 1.165) is 12.2 Å². The minimum Gasteiger partial charge on any atom is -0.346 e. The minimum atomic E-state index is 0.376. The number of rotatable bonds is 4. The van der Waals surface area contributed by atoms with Gasteiger partial charge >= 0.3 is 0 Å². The minimum absolute atomic E-state index is 0.376. The Morgan fingerprint density at radius 2 is 2.37 bits per heavy atom. The van der Waals surface area contributed by atoms with Gasteiger partial charge in [-0.3, -0.25) is 5.01 Å². The highest BCUT2D eigenvalue weighted by molar-refractivity contribution is 5.85. The Morgan fingerprint density at radius 1 is 1.47 bits per heavy atom. The number of hydrazone groups is 1. The van der Waals surface area contributed by atoms with Crippen molar-refractivity contribution in [3.8, 4) is 0 Å². The van der Waals surface area contributed by atoms with E-state index in [4.69, 9.17) is 0 Å². The summed E-state index contributed by atoms with van der Waals surface area (Å²) in [5, 5.41) is 8.01. The van der Waals surface area contributed by atoms with E-state index in [9.17, 15) is 0 Å². The van der Waals surface area contributed by atoms with Gasteiger partial charge in [0.05, 0.1) is 0 Å². The summed E-state index contributed by atoms with van der Waals surface area (Å²) >= 11 is 0. The topological polar surface area (TPSA) is 44.3 Å². The van der Waals surface area contributed by atoms with Crippen molar-refractivity contribution in [1.29, 1.82) is 0 Å². The van der Waals surface area contributed by atoms with Crippen LogP contribution in [0.25, 0.3) is 11.0 Å². The van der Waals surface area contributed by atoms with Crippen molar-refractivity contribution in [1.82, 2.24) is 15.0 Å². The predicted octanol–water partition coefficient (Wildman–Crippen LogP) is 3.14. The number of nitrogens with one attached hydrogen (secondary N) is 1. The molecule has 4 heteroatoms. The molecule has 0 saturated carbocycles. The van der Waals surface area contributed by atoms with E-state index >= 15 is 0 Å². The first kappa shape index (κ1) is 12.2. The van der Waals surface area contributed by atoms with Gasteiger partial charge < -0.3 is 4.98 Å². The molecule has 1 aliphatic heterocycles. The van der Waals surface area contributed by atoms with Gasteiger partial charge in [-0.1, -0.05) is 13.3 Å². The lowest BCUT2D eigenvalue weighted by Crippen LogP contribution is -2.27. The summed E-state index contributed by atoms with van der Waals surface area (Å²) in [4.78, 5) is 7.51. The van der Waals surface area contributed by atoms with Crippen LogP contribution >= 0.6 is 0 Å². The second-order valence-corrected chi connectivity index (χ2v) is 5.27. The molecule has 0 radical (unpaired) electrons. The molecule has 3 rings (SSSR count). The van der Waals surface area contributed by atoms with E-state index < -0.39 is 0 Å². The SMILES string of the molecule is CCC[C@H](C)N1CC(c2ccnc3[nH]ccc23)C=N1. The van der Waals surface area contributed by atoms with Crippen LogP contribution in [0.1, 0.15) is 38.2 Å². The Morgan fingerprint density at radius 3 is 3.21 bits per heavy atom. The number of aromatic nitrogens is 2. The molecule has 0 spiro atoms. The van der Waals surface area contributed by atoms with Gasteiger partial charge in [0.1, 0.15) is 5.65 Å². The number of aromatic amines is 1. The van der Waals surface area contributed by atoms with E-state index in [1.54, 1.807) is 0 Å². The molecule has 0 aliphatic carbocycles. The van der Waals surface area contributed by atoms with Gasteiger partial charge in [-0.15, -0.1) is 0 Å². The van der Waals surface area contributed by atoms with Crippen molar-refractivity contribution in [3.63, 3.8) is 0 Å². The maximum Gasteiger partial charge on any atom is 0.137 e. The number of pyridine rings is 1. The molecule has 0 bridgehead atoms. The van der Waals surface area contributed by atoms with Crippen molar-refractivity contribution < 1.29 is 0 Å². The number of H-pyrrole nitrogens is 1. The predicted molar refractivity (Wildman–Crippen MR) is 78.4 cm³/mol. The van der Waals surface area contributed by atoms with Gasteiger partial charge in [0.25, 0.3) is 0 Å². The van der Waals surface area contributed by atoms with Crippen molar-refractivity contribution in [2.24, 2.45) is 5.10 Å². The summed E-state index contributed by atoms with van der Waals surface area (Å²) in [6.45, 7) is 5.45. The van der Waals surface area contributed by atoms with E-state index in [1.165, 1.54) is 23.8 Å². The first-order chi connectivity index (χ1) is 9.29. The number of nitrogens with zero attached hydrogens (tertiary/aromatic N) is 3. The van der Waals surface area contributed by atoms with Gasteiger partial charge in [-0.05, 0) is 31.0 Å². The van der Waals surface area contributed by atoms with Gasteiger partial charge in [0.15, 0.2) is 0 Å². The lowest BCUT2D eigenvalue weighted by atomic mass is 9.99. The standard InChI is InChI=1S/C15H20N4/c1-3-4-11(2)19-10-12(9-18-19)13-5-7-16-15-14(13)6-8-17-15/h5-9,11-12H,3-4,10H2,1-2H3,(H,16,17)/t11-,12?/m0/s1. The Balaban J connectivity index is 1.82. The molecule has 3 heterocycles. The zero-order chi connectivity index (χ0) is 13.2. The molecule has 1 N–H and O–H groups in total. The molecule has 2 atom stereocenters. The molecule has 2 aromatic heterocycles. The third-order valence-corrected chi connectivity index (χ3v) is 3.89. The summed E-state index contributed by atoms with van der Waals surface area (Å²) in [7, 11) is 0. The lowest BCUT2D eigenvalue weighted by molar-refractivity contribution is 0.224. The number of fused-ring (bicyclic) bond motifs is 1. The molecule has 0 aromatic carbocycles. The van der Waals surface area contributed by atoms with Gasteiger partial charge in [0, 0.05) is 42.5 Å². The third kappa shape index (κ3) is 2.23. The Hall–Kier alpha value is -1.84. The summed E-state index contributed by atoms with van der Waals surface area (Å²) in [5.74, 6) is 0.376. The number of hydrogen-bond acceptors (Lipinski definition) is 3. The maximum absolute atomic E-state index is 4.58. The highest BCUT2D eigenvalue weighted by Gasteiger charge is 2.24. The zero-order valence-electron chi connectivity index (χ0n) is 11.5. The molecule has 0 fully saturated rings. The van der Waals surface area contributed by atoms with Crippen molar-refractivity contribution in [2.45, 2.75) is 38.6 Å². The van der Waals surface area contributed by atoms with Crippen LogP contribution in [0.5, 0.6) is 0 Å². The van der Waals surface area contributed by atoms with Crippen molar-refractivity contribution >= 4 is 17.2 Å². The molecule has 0 amide bonds. The lowest BCUT2D eigenvalue weighted by Gasteiger charge is -2.23. The fourth-order valence-corrected chi connectivity index (χ4v) is 2.81. The smallest absolute Gasteiger partial charge is 0.137 e. The van der Waals surface area contributed by atoms with Gasteiger partial charge in [0.2, 0.25) is 0 Å². The average molecular weight is 256 g/mol. The van der Waals surface area contributed by atoms with Crippen LogP contribution in [0, 0.1) is 0 Å². The van der Waals surface area contributed by atoms with Crippen LogP contribution in [0.15, 0.2) is 29.6 Å². The molecule has 100 valence electrons. The monoisotopic (exact) mass is 256 g/mol. The Bertz CT molecular complexity index is 587. The zero-order valence-corrected chi connectivity index (χ0v) is 11.5. The van der Waals surface area contributed by atoms with Crippen LogP contribution < -0.4 is 0 Å². The van der Waals surface area contributed by atoms with E-state index in [-0.39, 0.29) is 0 Å². The summed E-state index contributed by atoms with van der Waals surface area (Å²) in [6.07, 6.45) is 8.30. The molecule has 19 heavy (non-hydrogen) atoms. The van der Waals surface area contributed by atoms with Gasteiger partial charge in [-0.25, -0.2) is 4.98 Å². The second-order valence-electron chi connectivity index (χ2n) is 5.27. The largest absolute Gasteiger partial charge is 0.346 e. The van der Waals surface area contributed by atoms with Crippen LogP contribution in [-0.4, -0.2) is 33.8 Å². The first-order valence-corrected chi connectivity index (χ1v) is 7.02. The molecule has 1 aliphatic rings. The third-order valence-electron chi connectivity index (χ3n) is 3.89. The Labute approximate surface area is 113 Å². The van der Waals surface area contributed by atoms with Crippen LogP contribution in [-0.2, 0) is 0 Å². The number of hydrogen-bond donors (Lipinski definition) is 1. The van der Waals surface area contributed by atoms with Crippen molar-refractivity contribution in [3.05, 3.63) is 30.1 Å². The highest BCUT2D eigenvalue weighted by atomic mass is 15.5. The maximum atomic E-state index is 4.58. The molecular formula is C15H20N4. The summed E-state index contributed by atoms with van der Waals surface area (Å²) in [5.41, 5.74) is 2.28. The quantitative estimate of drug-likeness (QED) is 0.913. The fraction of sp³-hybridized carbons (Fsp3) is 0.467. The van der Waals surface area contributed by atoms with Crippen LogP contribution in [0.3, 0.4) is 0 Å². The van der Waals surface area contributed by atoms with E-state index in [2.05, 4.69) is 52.3 Å². The van der Waals surface area contributed by atoms with Crippen LogP contribution in [0.4, 0.5) is 0 Å². The normalized spacial score (nSPS) is 20.3. The summed E-state index contributed by atoms with van der Waals surface area (Å²) < 4.78 is 0. The molecule has 1 unspecified atom stereocenters. The fourth-order valence-electron chi connectivity index (χ4n) is 2.81. The molecule has 2 aromatic rings. The van der Waals surface area contributed by atoms with Crippen LogP contribution in [0.2, 0.25) is 0 Å². The van der Waals surface area contributed by atoms with Crippen molar-refractivity contribution in [2.75, 3.05) is 6.54 Å². The molecular weight excluding hydrogens is 236 g/mol. The van der Waals surface area contributed by atoms with Gasteiger partial charge in [-0.2, -0.15) is 5.10 Å². The van der Waals surface area contributed by atoms with E-state index in [1.807, 2.05) is 12.4 Å². The average Bonchev–Trinajstić information content (AvgIpc) is 3.07. The Kier molecular flexibility index (Phi) is 3.23. The second kappa shape index (κ2) is 5.03. The molecule has 0 saturated heterocycles. The molecule has 4 nitrogen and oxygen atoms in total. The first-order valence-electron chi connectivity index (χ1n) is 7.02. The highest BCUT2D eigenvalue weighted by Crippen LogP contribution is 2.27. The van der Waals surface area contributed by atoms with E-state index in [0.29, 0.717) is 12.0 Å². The summed E-state index contributed by atoms with van der Waals surface area (Å²) in [6, 6.07) is 4.74.